The molecule has 1 aliphatic rings. The quantitative estimate of drug-likeness (QED) is 0.424. The Bertz CT molecular complexity index is 292. The molecule has 0 amide bonds. The Balaban J connectivity index is 2.46. The molecule has 0 aromatic rings. The van der Waals surface area contributed by atoms with Crippen molar-refractivity contribution in [1.29, 1.82) is 0 Å². The number of carbonyl (C=O) groups is 1. The Morgan fingerprint density at radius 1 is 1.16 bits per heavy atom. The summed E-state index contributed by atoms with van der Waals surface area (Å²) in [6.45, 7) is 8.74. The fourth-order valence-corrected chi connectivity index (χ4v) is 3.75. The highest BCUT2D eigenvalue weighted by Gasteiger charge is 2.37. The van der Waals surface area contributed by atoms with Crippen molar-refractivity contribution < 1.29 is 4.79 Å². The van der Waals surface area contributed by atoms with Gasteiger partial charge in [-0.2, -0.15) is 0 Å². The van der Waals surface area contributed by atoms with Crippen LogP contribution in [-0.4, -0.2) is 5.78 Å². The van der Waals surface area contributed by atoms with E-state index in [1.54, 1.807) is 6.92 Å². The summed E-state index contributed by atoms with van der Waals surface area (Å²) in [5, 5.41) is 0. The zero-order valence-corrected chi connectivity index (χ0v) is 13.3. The van der Waals surface area contributed by atoms with E-state index in [4.69, 9.17) is 0 Å². The van der Waals surface area contributed by atoms with Gasteiger partial charge in [-0.3, -0.25) is 0 Å². The zero-order chi connectivity index (χ0) is 14.3. The fourth-order valence-electron chi connectivity index (χ4n) is 3.75. The molecule has 0 N–H and O–H groups in total. The molecule has 4 unspecified atom stereocenters. The van der Waals surface area contributed by atoms with Gasteiger partial charge in [0.15, 0.2) is 0 Å². The minimum absolute atomic E-state index is 0.351. The summed E-state index contributed by atoms with van der Waals surface area (Å²) < 4.78 is 0. The summed E-state index contributed by atoms with van der Waals surface area (Å²) in [5.74, 6) is 3.53. The molecule has 1 heteroatoms. The summed E-state index contributed by atoms with van der Waals surface area (Å²) in [6.07, 6.45) is 13.0. The van der Waals surface area contributed by atoms with Crippen LogP contribution in [0.2, 0.25) is 0 Å². The number of hydrogen-bond acceptors (Lipinski definition) is 1. The maximum atomic E-state index is 11.2. The zero-order valence-electron chi connectivity index (χ0n) is 13.3. The normalized spacial score (nSPS) is 31.2. The summed E-state index contributed by atoms with van der Waals surface area (Å²) >= 11 is 0. The van der Waals surface area contributed by atoms with Crippen LogP contribution in [0, 0.1) is 23.7 Å². The van der Waals surface area contributed by atoms with Crippen LogP contribution in [0.15, 0.2) is 12.2 Å². The molecule has 0 aliphatic heterocycles. The lowest BCUT2D eigenvalue weighted by atomic mass is 9.82. The smallest absolute Gasteiger partial charge is 0.129 e. The third-order valence-electron chi connectivity index (χ3n) is 4.88. The molecule has 0 saturated heterocycles. The van der Waals surface area contributed by atoms with Crippen LogP contribution in [0.1, 0.15) is 72.6 Å². The maximum absolute atomic E-state index is 11.2. The Kier molecular flexibility index (Phi) is 7.41. The van der Waals surface area contributed by atoms with Crippen LogP contribution in [0.4, 0.5) is 0 Å². The number of Topliss-reactive ketones (excluding diaryl/α,β-unsaturated/α-hetero) is 1. The van der Waals surface area contributed by atoms with Gasteiger partial charge in [-0.25, -0.2) is 0 Å². The van der Waals surface area contributed by atoms with Crippen molar-refractivity contribution in [2.24, 2.45) is 23.7 Å². The van der Waals surface area contributed by atoms with E-state index in [0.29, 0.717) is 5.78 Å². The topological polar surface area (TPSA) is 17.1 Å². The lowest BCUT2D eigenvalue weighted by Crippen LogP contribution is -2.16. The van der Waals surface area contributed by atoms with E-state index < -0.39 is 0 Å². The first-order valence-corrected chi connectivity index (χ1v) is 8.20. The molecule has 0 heterocycles. The highest BCUT2D eigenvalue weighted by atomic mass is 16.1. The highest BCUT2D eigenvalue weighted by Crippen LogP contribution is 2.45. The monoisotopic (exact) mass is 264 g/mol. The van der Waals surface area contributed by atoms with Gasteiger partial charge < -0.3 is 4.79 Å². The minimum Gasteiger partial charge on any atom is -0.300 e. The molecule has 110 valence electrons. The van der Waals surface area contributed by atoms with Gasteiger partial charge in [-0.1, -0.05) is 45.8 Å². The average Bonchev–Trinajstić information content (AvgIpc) is 2.61. The third kappa shape index (κ3) is 5.50. The van der Waals surface area contributed by atoms with E-state index in [2.05, 4.69) is 32.9 Å². The molecule has 0 bridgehead atoms. The molecule has 1 fully saturated rings. The first kappa shape index (κ1) is 16.5. The molecular weight excluding hydrogens is 232 g/mol. The van der Waals surface area contributed by atoms with Gasteiger partial charge in [0, 0.05) is 6.42 Å². The molecule has 4 atom stereocenters. The summed E-state index contributed by atoms with van der Waals surface area (Å²) in [4.78, 5) is 11.2. The number of rotatable bonds is 8. The number of ketones is 1. The predicted molar refractivity (Wildman–Crippen MR) is 83.1 cm³/mol. The number of unbranched alkanes of at least 4 members (excludes halogenated alkanes) is 2. The van der Waals surface area contributed by atoms with Crippen molar-refractivity contribution in [1.82, 2.24) is 0 Å². The van der Waals surface area contributed by atoms with Gasteiger partial charge in [0.1, 0.15) is 5.78 Å². The lowest BCUT2D eigenvalue weighted by molar-refractivity contribution is -0.117. The van der Waals surface area contributed by atoms with Crippen LogP contribution in [0.25, 0.3) is 0 Å². The largest absolute Gasteiger partial charge is 0.300 e. The predicted octanol–water partition coefficient (Wildman–Crippen LogP) is 5.40. The molecule has 1 rings (SSSR count). The fraction of sp³-hybridized carbons (Fsp3) is 0.833. The van der Waals surface area contributed by atoms with E-state index in [1.165, 1.54) is 32.1 Å². The van der Waals surface area contributed by atoms with Crippen LogP contribution in [0.5, 0.6) is 0 Å². The standard InChI is InChI=1S/C18H32O/c1-5-6-7-8-9-10-17-14(2)13-15(3)18(17)12-11-16(4)19/h8-9,14-15,17-18H,5-7,10-13H2,1-4H3/b9-8+. The minimum atomic E-state index is 0.351. The number of hydrogen-bond donors (Lipinski definition) is 0. The summed E-state index contributed by atoms with van der Waals surface area (Å²) in [5.41, 5.74) is 0. The van der Waals surface area contributed by atoms with Crippen molar-refractivity contribution in [2.45, 2.75) is 72.6 Å². The number of allylic oxidation sites excluding steroid dienone is 2. The van der Waals surface area contributed by atoms with Crippen molar-refractivity contribution in [3.05, 3.63) is 12.2 Å². The SMILES string of the molecule is CCCC/C=C/CC1C(C)CC(C)C1CCC(C)=O. The van der Waals surface area contributed by atoms with E-state index in [9.17, 15) is 4.79 Å². The number of carbonyl (C=O) groups excluding carboxylic acids is 1. The lowest BCUT2D eigenvalue weighted by Gasteiger charge is -2.23. The molecule has 1 aliphatic carbocycles. The Hall–Kier alpha value is -0.590. The second kappa shape index (κ2) is 8.55. The Morgan fingerprint density at radius 2 is 1.84 bits per heavy atom. The first-order chi connectivity index (χ1) is 9.06. The maximum Gasteiger partial charge on any atom is 0.129 e. The van der Waals surface area contributed by atoms with E-state index in [-0.39, 0.29) is 0 Å². The molecule has 19 heavy (non-hydrogen) atoms. The molecule has 0 aromatic heterocycles. The van der Waals surface area contributed by atoms with Crippen molar-refractivity contribution in [2.75, 3.05) is 0 Å². The average molecular weight is 264 g/mol. The molecule has 0 spiro atoms. The van der Waals surface area contributed by atoms with Crippen molar-refractivity contribution in [3.8, 4) is 0 Å². The van der Waals surface area contributed by atoms with Crippen LogP contribution >= 0.6 is 0 Å². The van der Waals surface area contributed by atoms with Gasteiger partial charge in [0.25, 0.3) is 0 Å². The van der Waals surface area contributed by atoms with Gasteiger partial charge in [-0.05, 0) is 56.3 Å². The third-order valence-corrected chi connectivity index (χ3v) is 4.88. The first-order valence-electron chi connectivity index (χ1n) is 8.20. The van der Waals surface area contributed by atoms with Crippen LogP contribution < -0.4 is 0 Å². The van der Waals surface area contributed by atoms with E-state index in [0.717, 1.165) is 36.5 Å². The second-order valence-corrected chi connectivity index (χ2v) is 6.61. The molecule has 1 saturated carbocycles. The second-order valence-electron chi connectivity index (χ2n) is 6.61. The van der Waals surface area contributed by atoms with Gasteiger partial charge in [0.05, 0.1) is 0 Å². The summed E-state index contributed by atoms with van der Waals surface area (Å²) in [7, 11) is 0. The van der Waals surface area contributed by atoms with Crippen LogP contribution in [0.3, 0.4) is 0 Å². The summed E-state index contributed by atoms with van der Waals surface area (Å²) in [6, 6.07) is 0. The van der Waals surface area contributed by atoms with Crippen molar-refractivity contribution >= 4 is 5.78 Å². The van der Waals surface area contributed by atoms with Crippen LogP contribution in [-0.2, 0) is 4.79 Å². The van der Waals surface area contributed by atoms with Gasteiger partial charge >= 0.3 is 0 Å². The molecule has 0 aromatic carbocycles. The molecular formula is C18H32O. The van der Waals surface area contributed by atoms with E-state index >= 15 is 0 Å². The molecule has 0 radical (unpaired) electrons. The highest BCUT2D eigenvalue weighted by molar-refractivity contribution is 5.75. The van der Waals surface area contributed by atoms with Gasteiger partial charge in [-0.15, -0.1) is 0 Å². The van der Waals surface area contributed by atoms with Gasteiger partial charge in [0.2, 0.25) is 0 Å². The molecule has 1 nitrogen and oxygen atoms in total. The Morgan fingerprint density at radius 3 is 2.47 bits per heavy atom. The van der Waals surface area contributed by atoms with Crippen molar-refractivity contribution in [3.63, 3.8) is 0 Å². The van der Waals surface area contributed by atoms with E-state index in [1.807, 2.05) is 0 Å². The Labute approximate surface area is 119 Å².